The predicted octanol–water partition coefficient (Wildman–Crippen LogP) is 5.64. The third kappa shape index (κ3) is 3.76. The lowest BCUT2D eigenvalue weighted by Crippen LogP contribution is -2.17. The number of fused-ring (bicyclic) bond motifs is 1. The Labute approximate surface area is 175 Å². The van der Waals surface area contributed by atoms with Gasteiger partial charge in [0.2, 0.25) is 0 Å². The Kier molecular flexibility index (Phi) is 4.88. The van der Waals surface area contributed by atoms with Crippen LogP contribution in [-0.2, 0) is 0 Å². The first-order valence-electron chi connectivity index (χ1n) is 7.84. The normalized spacial score (nSPS) is 11.8. The maximum Gasteiger partial charge on any atom is 0.573 e. The molecule has 0 aliphatic carbocycles. The Bertz CT molecular complexity index is 1160. The zero-order valence-corrected chi connectivity index (χ0v) is 16.7. The Morgan fingerprint density at radius 3 is 2.46 bits per heavy atom. The number of imidazole rings is 1. The molecule has 5 nitrogen and oxygen atoms in total. The summed E-state index contributed by atoms with van der Waals surface area (Å²) in [7, 11) is 0. The van der Waals surface area contributed by atoms with E-state index < -0.39 is 12.1 Å². The summed E-state index contributed by atoms with van der Waals surface area (Å²) in [5.74, 6) is 0.0331. The maximum absolute atomic E-state index is 12.5. The van der Waals surface area contributed by atoms with Crippen LogP contribution < -0.4 is 4.74 Å². The summed E-state index contributed by atoms with van der Waals surface area (Å²) < 4.78 is 43.5. The van der Waals surface area contributed by atoms with Gasteiger partial charge in [-0.3, -0.25) is 4.57 Å². The molecule has 4 rings (SSSR count). The summed E-state index contributed by atoms with van der Waals surface area (Å²) >= 11 is 8.00. The average Bonchev–Trinajstić information content (AvgIpc) is 2.98. The molecule has 2 heterocycles. The second-order valence-corrected chi connectivity index (χ2v) is 7.02. The van der Waals surface area contributed by atoms with E-state index in [1.54, 1.807) is 10.8 Å². The van der Waals surface area contributed by atoms with Gasteiger partial charge >= 0.3 is 6.36 Å². The number of nitrogens with zero attached hydrogens (tertiary/aromatic N) is 4. The van der Waals surface area contributed by atoms with E-state index in [9.17, 15) is 13.2 Å². The van der Waals surface area contributed by atoms with Crippen molar-refractivity contribution in [3.63, 3.8) is 0 Å². The molecule has 0 radical (unpaired) electrons. The minimum Gasteiger partial charge on any atom is -0.404 e. The highest BCUT2D eigenvalue weighted by molar-refractivity contribution is 14.1. The first-order chi connectivity index (χ1) is 13.3. The third-order valence-electron chi connectivity index (χ3n) is 3.79. The topological polar surface area (TPSA) is 52.8 Å². The number of halogens is 5. The largest absolute Gasteiger partial charge is 0.573 e. The molecule has 2 aromatic carbocycles. The second-order valence-electron chi connectivity index (χ2n) is 5.65. The van der Waals surface area contributed by atoms with Gasteiger partial charge < -0.3 is 4.74 Å². The fraction of sp³-hybridized carbons (Fsp3) is 0.0556. The fourth-order valence-corrected chi connectivity index (χ4v) is 3.62. The predicted molar refractivity (Wildman–Crippen MR) is 107 cm³/mol. The molecule has 0 bridgehead atoms. The molecule has 0 spiro atoms. The van der Waals surface area contributed by atoms with E-state index in [-0.39, 0.29) is 5.02 Å². The van der Waals surface area contributed by atoms with Crippen LogP contribution in [-0.4, -0.2) is 25.9 Å². The lowest BCUT2D eigenvalue weighted by atomic mass is 10.2. The van der Waals surface area contributed by atoms with Crippen molar-refractivity contribution in [2.24, 2.45) is 0 Å². The van der Waals surface area contributed by atoms with Gasteiger partial charge in [0.05, 0.1) is 16.9 Å². The van der Waals surface area contributed by atoms with Crippen molar-refractivity contribution in [3.8, 4) is 22.8 Å². The van der Waals surface area contributed by atoms with Gasteiger partial charge in [-0.15, -0.1) is 13.2 Å². The first kappa shape index (κ1) is 18.9. The van der Waals surface area contributed by atoms with E-state index in [4.69, 9.17) is 11.6 Å². The van der Waals surface area contributed by atoms with Gasteiger partial charge in [0.15, 0.2) is 15.3 Å². The molecule has 0 saturated heterocycles. The van der Waals surface area contributed by atoms with Crippen LogP contribution >= 0.6 is 34.2 Å². The molecular weight excluding hydrogens is 508 g/mol. The highest BCUT2D eigenvalue weighted by atomic mass is 127. The van der Waals surface area contributed by atoms with Gasteiger partial charge in [0, 0.05) is 28.2 Å². The van der Waals surface area contributed by atoms with E-state index in [2.05, 4.69) is 19.7 Å². The summed E-state index contributed by atoms with van der Waals surface area (Å²) in [6, 6.07) is 13.4. The van der Waals surface area contributed by atoms with Gasteiger partial charge in [-0.05, 0) is 18.2 Å². The number of aromatic nitrogens is 4. The molecule has 0 atom stereocenters. The number of alkyl halides is 3. The molecule has 28 heavy (non-hydrogen) atoms. The number of rotatable bonds is 3. The standard InChI is InChI=1S/C18H9ClF3IN4O/c19-12-8-11(6-7-14(12)28-18(20,21)22)27-16-13(25-17(27)23)9-24-15(26-16)10-4-2-1-3-5-10/h1-9H. The van der Waals surface area contributed by atoms with Crippen molar-refractivity contribution in [1.29, 1.82) is 0 Å². The van der Waals surface area contributed by atoms with Crippen molar-refractivity contribution in [2.75, 3.05) is 0 Å². The molecule has 0 amide bonds. The fourth-order valence-electron chi connectivity index (χ4n) is 2.64. The molecule has 2 aromatic heterocycles. The maximum atomic E-state index is 12.5. The van der Waals surface area contributed by atoms with Crippen LogP contribution in [0.1, 0.15) is 0 Å². The first-order valence-corrected chi connectivity index (χ1v) is 9.29. The quantitative estimate of drug-likeness (QED) is 0.261. The lowest BCUT2D eigenvalue weighted by Gasteiger charge is -2.12. The zero-order valence-electron chi connectivity index (χ0n) is 13.8. The summed E-state index contributed by atoms with van der Waals surface area (Å²) in [5.41, 5.74) is 2.40. The Morgan fingerprint density at radius 1 is 1.04 bits per heavy atom. The van der Waals surface area contributed by atoms with Gasteiger partial charge in [-0.1, -0.05) is 41.9 Å². The smallest absolute Gasteiger partial charge is 0.404 e. The van der Waals surface area contributed by atoms with Crippen molar-refractivity contribution in [2.45, 2.75) is 6.36 Å². The minimum atomic E-state index is -4.82. The number of hydrogen-bond acceptors (Lipinski definition) is 4. The van der Waals surface area contributed by atoms with E-state index in [0.29, 0.717) is 26.5 Å². The highest BCUT2D eigenvalue weighted by Crippen LogP contribution is 2.33. The van der Waals surface area contributed by atoms with Crippen molar-refractivity contribution >= 4 is 45.4 Å². The van der Waals surface area contributed by atoms with Crippen LogP contribution in [0.4, 0.5) is 13.2 Å². The van der Waals surface area contributed by atoms with Crippen LogP contribution in [0.3, 0.4) is 0 Å². The van der Waals surface area contributed by atoms with E-state index >= 15 is 0 Å². The van der Waals surface area contributed by atoms with Crippen LogP contribution in [0.2, 0.25) is 5.02 Å². The molecule has 0 N–H and O–H groups in total. The van der Waals surface area contributed by atoms with E-state index in [1.807, 2.05) is 52.9 Å². The summed E-state index contributed by atoms with van der Waals surface area (Å²) in [6.45, 7) is 0. The van der Waals surface area contributed by atoms with Gasteiger partial charge in [0.25, 0.3) is 0 Å². The van der Waals surface area contributed by atoms with Crippen LogP contribution in [0, 0.1) is 3.83 Å². The second kappa shape index (κ2) is 7.21. The molecule has 10 heteroatoms. The molecule has 0 unspecified atom stereocenters. The number of benzene rings is 2. The lowest BCUT2D eigenvalue weighted by molar-refractivity contribution is -0.274. The summed E-state index contributed by atoms with van der Waals surface area (Å²) in [6.07, 6.45) is -3.22. The van der Waals surface area contributed by atoms with Crippen molar-refractivity contribution in [3.05, 3.63) is 63.6 Å². The van der Waals surface area contributed by atoms with E-state index in [1.165, 1.54) is 12.1 Å². The Morgan fingerprint density at radius 2 is 1.79 bits per heavy atom. The van der Waals surface area contributed by atoms with Crippen molar-refractivity contribution in [1.82, 2.24) is 19.5 Å². The summed E-state index contributed by atoms with van der Waals surface area (Å²) in [5, 5.41) is -0.176. The SMILES string of the molecule is FC(F)(F)Oc1ccc(-n2c(I)nc3cnc(-c4ccccc4)nc32)cc1Cl. The third-order valence-corrected chi connectivity index (χ3v) is 4.81. The van der Waals surface area contributed by atoms with Crippen LogP contribution in [0.5, 0.6) is 5.75 Å². The zero-order chi connectivity index (χ0) is 19.9. The van der Waals surface area contributed by atoms with Gasteiger partial charge in [0.1, 0.15) is 11.3 Å². The Balaban J connectivity index is 1.82. The van der Waals surface area contributed by atoms with Crippen molar-refractivity contribution < 1.29 is 17.9 Å². The molecule has 0 fully saturated rings. The summed E-state index contributed by atoms with van der Waals surface area (Å²) in [4.78, 5) is 13.3. The van der Waals surface area contributed by atoms with Crippen LogP contribution in [0.15, 0.2) is 54.7 Å². The van der Waals surface area contributed by atoms with Crippen LogP contribution in [0.25, 0.3) is 28.2 Å². The molecule has 0 aliphatic rings. The van der Waals surface area contributed by atoms with Gasteiger partial charge in [-0.25, -0.2) is 15.0 Å². The average molecular weight is 517 g/mol. The number of hydrogen-bond donors (Lipinski definition) is 0. The molecule has 0 aliphatic heterocycles. The van der Waals surface area contributed by atoms with E-state index in [0.717, 1.165) is 11.6 Å². The molecule has 4 aromatic rings. The molecule has 142 valence electrons. The van der Waals surface area contributed by atoms with Gasteiger partial charge in [-0.2, -0.15) is 0 Å². The Hall–Kier alpha value is -2.40. The number of ether oxygens (including phenoxy) is 1. The molecule has 0 saturated carbocycles. The minimum absolute atomic E-state index is 0.176. The highest BCUT2D eigenvalue weighted by Gasteiger charge is 2.32. The molecular formula is C18H9ClF3IN4O. The monoisotopic (exact) mass is 516 g/mol.